The Balaban J connectivity index is 1.61. The van der Waals surface area contributed by atoms with Crippen LogP contribution in [0.15, 0.2) is 30.3 Å². The second kappa shape index (κ2) is 11.4. The Morgan fingerprint density at radius 2 is 1.95 bits per heavy atom. The number of amides is 5. The first-order valence-electron chi connectivity index (χ1n) is 12.0. The van der Waals surface area contributed by atoms with E-state index in [1.807, 2.05) is 0 Å². The largest absolute Gasteiger partial charge is 0.547 e. The molecule has 0 bridgehead atoms. The van der Waals surface area contributed by atoms with Gasteiger partial charge in [-0.05, 0) is 31.0 Å². The fraction of sp³-hybridized carbons (Fsp3) is 0.292. The molecule has 1 unspecified atom stereocenters. The number of carbonyl (C=O) groups is 5. The van der Waals surface area contributed by atoms with Gasteiger partial charge in [-0.15, -0.1) is 0 Å². The van der Waals surface area contributed by atoms with Crippen molar-refractivity contribution < 1.29 is 48.3 Å². The van der Waals surface area contributed by atoms with Crippen LogP contribution >= 0.6 is 11.6 Å². The number of piperazine rings is 1. The predicted octanol–water partition coefficient (Wildman–Crippen LogP) is 0.464. The van der Waals surface area contributed by atoms with Crippen LogP contribution in [0.1, 0.15) is 34.5 Å². The van der Waals surface area contributed by atoms with E-state index in [1.165, 1.54) is 23.1 Å². The lowest BCUT2D eigenvalue weighted by Crippen LogP contribution is -2.60. The maximum Gasteiger partial charge on any atom is 0.547 e. The highest BCUT2D eigenvalue weighted by Crippen LogP contribution is 2.32. The van der Waals surface area contributed by atoms with Crippen LogP contribution in [0.5, 0.6) is 11.5 Å². The summed E-state index contributed by atoms with van der Waals surface area (Å²) in [5, 5.41) is 34.0. The molecule has 13 nitrogen and oxygen atoms in total. The zero-order valence-corrected chi connectivity index (χ0v) is 21.6. The van der Waals surface area contributed by atoms with Crippen molar-refractivity contribution >= 4 is 48.4 Å². The molecule has 5 amide bonds. The third-order valence-electron chi connectivity index (χ3n) is 6.52. The standard InChI is InChI=1S/C24H23BClFN4O9/c1-2-30-6-7-31(22(35)21(30)34)24(38)29-18(13-9-14(26)16(32)10-15(13)27)20(33)28-17-8-11-4-3-5-12(23(36)37)19(11)40-25(17)39/h3-5,9-10,17-18,32,39H,2,6-8H2,1H3,(H,28,33)(H,29,38)(H,36,37)/t17-,18?/m0/s1. The summed E-state index contributed by atoms with van der Waals surface area (Å²) < 4.78 is 20.3. The molecule has 40 heavy (non-hydrogen) atoms. The number of rotatable bonds is 6. The molecule has 210 valence electrons. The van der Waals surface area contributed by atoms with E-state index in [0.29, 0.717) is 16.5 Å². The number of hydrogen-bond acceptors (Lipinski definition) is 8. The number of aromatic hydroxyl groups is 1. The number of phenols is 1. The van der Waals surface area contributed by atoms with E-state index >= 15 is 0 Å². The Bertz CT molecular complexity index is 1410. The summed E-state index contributed by atoms with van der Waals surface area (Å²) in [4.78, 5) is 64.5. The third kappa shape index (κ3) is 5.51. The number of halogens is 2. The van der Waals surface area contributed by atoms with Crippen LogP contribution in [0.25, 0.3) is 0 Å². The lowest BCUT2D eigenvalue weighted by Gasteiger charge is -2.33. The van der Waals surface area contributed by atoms with Gasteiger partial charge >= 0.3 is 30.9 Å². The highest BCUT2D eigenvalue weighted by Gasteiger charge is 2.41. The molecule has 0 saturated carbocycles. The summed E-state index contributed by atoms with van der Waals surface area (Å²) in [5.41, 5.74) is -0.332. The van der Waals surface area contributed by atoms with Crippen molar-refractivity contribution in [2.24, 2.45) is 0 Å². The lowest BCUT2D eigenvalue weighted by molar-refractivity contribution is -0.153. The van der Waals surface area contributed by atoms with Gasteiger partial charge in [0, 0.05) is 31.3 Å². The fourth-order valence-electron chi connectivity index (χ4n) is 4.41. The van der Waals surface area contributed by atoms with Crippen LogP contribution in [0.4, 0.5) is 9.18 Å². The van der Waals surface area contributed by atoms with E-state index in [1.54, 1.807) is 6.92 Å². The number of carbonyl (C=O) groups excluding carboxylic acids is 4. The molecule has 5 N–H and O–H groups in total. The minimum atomic E-state index is -1.85. The van der Waals surface area contributed by atoms with Crippen molar-refractivity contribution in [1.82, 2.24) is 20.4 Å². The highest BCUT2D eigenvalue weighted by molar-refractivity contribution is 6.47. The number of likely N-dealkylation sites (N-methyl/N-ethyl adjacent to an activating group) is 1. The number of carboxylic acid groups (broad SMARTS) is 1. The molecule has 2 aliphatic heterocycles. The van der Waals surface area contributed by atoms with E-state index in [0.717, 1.165) is 6.07 Å². The van der Waals surface area contributed by atoms with Gasteiger partial charge in [0.25, 0.3) is 0 Å². The summed E-state index contributed by atoms with van der Waals surface area (Å²) in [6, 6.07) is 2.77. The van der Waals surface area contributed by atoms with Gasteiger partial charge in [0.2, 0.25) is 5.91 Å². The van der Waals surface area contributed by atoms with E-state index in [2.05, 4.69) is 10.6 Å². The second-order valence-electron chi connectivity index (χ2n) is 8.98. The number of urea groups is 1. The zero-order valence-electron chi connectivity index (χ0n) is 20.9. The molecule has 0 radical (unpaired) electrons. The first-order valence-corrected chi connectivity index (χ1v) is 12.4. The van der Waals surface area contributed by atoms with Crippen LogP contribution in [-0.4, -0.2) is 87.5 Å². The number of para-hydroxylation sites is 1. The maximum atomic E-state index is 14.9. The Kier molecular flexibility index (Phi) is 8.16. The van der Waals surface area contributed by atoms with Crippen molar-refractivity contribution in [2.75, 3.05) is 19.6 Å². The lowest BCUT2D eigenvalue weighted by atomic mass is 9.72. The third-order valence-corrected chi connectivity index (χ3v) is 6.82. The van der Waals surface area contributed by atoms with Gasteiger partial charge in [-0.3, -0.25) is 19.3 Å². The number of benzene rings is 2. The minimum Gasteiger partial charge on any atom is -0.534 e. The quantitative estimate of drug-likeness (QED) is 0.241. The van der Waals surface area contributed by atoms with Crippen LogP contribution in [0.2, 0.25) is 5.02 Å². The SMILES string of the molecule is CCN1CCN(C(=O)NC(C(=O)N[C@H]2Cc3cccc(C(=O)O)c3OB2O)c2cc(Cl)c(O)cc2F)C(=O)C1=O. The highest BCUT2D eigenvalue weighted by atomic mass is 35.5. The summed E-state index contributed by atoms with van der Waals surface area (Å²) in [6.07, 6.45) is -0.0885. The molecule has 2 heterocycles. The molecule has 1 fully saturated rings. The maximum absolute atomic E-state index is 14.9. The number of nitrogens with zero attached hydrogens (tertiary/aromatic N) is 2. The van der Waals surface area contributed by atoms with Crippen molar-refractivity contribution in [3.63, 3.8) is 0 Å². The number of aromatic carboxylic acids is 1. The smallest absolute Gasteiger partial charge is 0.534 e. The van der Waals surface area contributed by atoms with E-state index in [4.69, 9.17) is 16.3 Å². The molecular weight excluding hydrogens is 554 g/mol. The summed E-state index contributed by atoms with van der Waals surface area (Å²) >= 11 is 5.92. The van der Waals surface area contributed by atoms with Crippen LogP contribution < -0.4 is 15.3 Å². The van der Waals surface area contributed by atoms with Crippen LogP contribution in [-0.2, 0) is 20.8 Å². The Labute approximate surface area is 231 Å². The number of hydrogen-bond donors (Lipinski definition) is 5. The van der Waals surface area contributed by atoms with Gasteiger partial charge < -0.3 is 35.4 Å². The monoisotopic (exact) mass is 576 g/mol. The van der Waals surface area contributed by atoms with E-state index < -0.39 is 66.0 Å². The average molecular weight is 577 g/mol. The number of imide groups is 1. The molecule has 0 aromatic heterocycles. The summed E-state index contributed by atoms with van der Waals surface area (Å²) in [7, 11) is -1.72. The van der Waals surface area contributed by atoms with Crippen molar-refractivity contribution in [3.05, 3.63) is 57.9 Å². The summed E-state index contributed by atoms with van der Waals surface area (Å²) in [6.45, 7) is 1.76. The van der Waals surface area contributed by atoms with E-state index in [9.17, 15) is 43.6 Å². The van der Waals surface area contributed by atoms with Crippen molar-refractivity contribution in [3.8, 4) is 11.5 Å². The van der Waals surface area contributed by atoms with E-state index in [-0.39, 0.29) is 42.4 Å². The van der Waals surface area contributed by atoms with Crippen molar-refractivity contribution in [1.29, 1.82) is 0 Å². The second-order valence-corrected chi connectivity index (χ2v) is 9.38. The van der Waals surface area contributed by atoms with Gasteiger partial charge in [-0.1, -0.05) is 23.7 Å². The first-order chi connectivity index (χ1) is 18.9. The van der Waals surface area contributed by atoms with Gasteiger partial charge in [-0.25, -0.2) is 14.0 Å². The zero-order chi connectivity index (χ0) is 29.3. The molecule has 0 spiro atoms. The molecule has 2 aromatic carbocycles. The first kappa shape index (κ1) is 28.6. The topological polar surface area (TPSA) is 186 Å². The number of phenolic OH excluding ortho intramolecular Hbond substituents is 1. The molecule has 0 aliphatic carbocycles. The Morgan fingerprint density at radius 1 is 1.23 bits per heavy atom. The van der Waals surface area contributed by atoms with Gasteiger partial charge in [0.15, 0.2) is 0 Å². The van der Waals surface area contributed by atoms with Crippen molar-refractivity contribution in [2.45, 2.75) is 25.3 Å². The minimum absolute atomic E-state index is 0.0497. The molecule has 1 saturated heterocycles. The normalized spacial score (nSPS) is 17.6. The number of nitrogens with one attached hydrogen (secondary N) is 2. The molecule has 2 aliphatic rings. The van der Waals surface area contributed by atoms with Crippen LogP contribution in [0.3, 0.4) is 0 Å². The molecule has 2 atom stereocenters. The molecular formula is C24H23BClFN4O9. The predicted molar refractivity (Wildman–Crippen MR) is 136 cm³/mol. The Hall–Kier alpha value is -4.37. The molecule has 4 rings (SSSR count). The summed E-state index contributed by atoms with van der Waals surface area (Å²) in [5.74, 6) is -7.43. The fourth-order valence-corrected chi connectivity index (χ4v) is 4.58. The number of fused-ring (bicyclic) bond motifs is 1. The Morgan fingerprint density at radius 3 is 2.62 bits per heavy atom. The molecule has 16 heteroatoms. The van der Waals surface area contributed by atoms with Gasteiger partial charge in [0.05, 0.1) is 16.5 Å². The average Bonchev–Trinajstić information content (AvgIpc) is 2.90. The van der Waals surface area contributed by atoms with Gasteiger partial charge in [0.1, 0.15) is 23.4 Å². The van der Waals surface area contributed by atoms with Gasteiger partial charge in [-0.2, -0.15) is 0 Å². The number of carboxylic acids is 1. The van der Waals surface area contributed by atoms with Crippen LogP contribution in [0, 0.1) is 5.82 Å². The molecule has 2 aromatic rings.